The molecule has 0 bridgehead atoms. The molecule has 9 heteroatoms. The molecule has 0 aromatic heterocycles. The normalized spacial score (nSPS) is 22.4. The highest BCUT2D eigenvalue weighted by atomic mass is 32.2. The van der Waals surface area contributed by atoms with Crippen LogP contribution in [0.4, 0.5) is 0 Å². The van der Waals surface area contributed by atoms with E-state index in [0.29, 0.717) is 30.3 Å². The zero-order valence-electron chi connectivity index (χ0n) is 15.9. The predicted octanol–water partition coefficient (Wildman–Crippen LogP) is 2.40. The van der Waals surface area contributed by atoms with Crippen LogP contribution in [0.1, 0.15) is 23.7 Å². The summed E-state index contributed by atoms with van der Waals surface area (Å²) in [5.74, 6) is 0.702. The summed E-state index contributed by atoms with van der Waals surface area (Å²) in [5.41, 5.74) is 0.697. The smallest absolute Gasteiger partial charge is 0.243 e. The molecule has 0 N–H and O–H groups in total. The largest absolute Gasteiger partial charge is 0.490 e. The van der Waals surface area contributed by atoms with Gasteiger partial charge < -0.3 is 9.47 Å². The first kappa shape index (κ1) is 20.2. The van der Waals surface area contributed by atoms with Crippen molar-refractivity contribution in [3.05, 3.63) is 54.1 Å². The quantitative estimate of drug-likeness (QED) is 0.733. The van der Waals surface area contributed by atoms with Crippen LogP contribution in [-0.4, -0.2) is 53.2 Å². The van der Waals surface area contributed by atoms with Crippen LogP contribution in [0, 0.1) is 0 Å². The van der Waals surface area contributed by atoms with E-state index in [-0.39, 0.29) is 30.2 Å². The first-order valence-electron chi connectivity index (χ1n) is 9.54. The number of fused-ring (bicyclic) bond motifs is 1. The molecule has 2 aromatic rings. The lowest BCUT2D eigenvalue weighted by molar-refractivity contribution is 0.296. The zero-order valence-corrected chi connectivity index (χ0v) is 17.5. The Labute approximate surface area is 171 Å². The fourth-order valence-electron chi connectivity index (χ4n) is 3.66. The van der Waals surface area contributed by atoms with Crippen LogP contribution < -0.4 is 9.47 Å². The molecule has 2 aliphatic rings. The van der Waals surface area contributed by atoms with Crippen LogP contribution >= 0.6 is 0 Å². The van der Waals surface area contributed by atoms with E-state index in [1.54, 1.807) is 30.3 Å². The van der Waals surface area contributed by atoms with Crippen molar-refractivity contribution in [3.8, 4) is 11.5 Å². The Balaban J connectivity index is 1.61. The molecule has 4 rings (SSSR count). The maximum Gasteiger partial charge on any atom is 0.243 e. The fourth-order valence-corrected chi connectivity index (χ4v) is 7.04. The molecule has 1 saturated heterocycles. The summed E-state index contributed by atoms with van der Waals surface area (Å²) in [6.45, 7) is 1.04. The first-order valence-corrected chi connectivity index (χ1v) is 12.7. The molecule has 1 atom stereocenters. The highest BCUT2D eigenvalue weighted by Gasteiger charge is 2.36. The summed E-state index contributed by atoms with van der Waals surface area (Å²) >= 11 is 0. The number of benzene rings is 2. The first-order chi connectivity index (χ1) is 13.9. The van der Waals surface area contributed by atoms with E-state index in [1.165, 1.54) is 16.4 Å². The van der Waals surface area contributed by atoms with Gasteiger partial charge in [-0.25, -0.2) is 16.8 Å². The molecule has 1 fully saturated rings. The number of rotatable bonds is 3. The topological polar surface area (TPSA) is 90.0 Å². The van der Waals surface area contributed by atoms with E-state index in [1.807, 2.05) is 6.07 Å². The van der Waals surface area contributed by atoms with Crippen molar-refractivity contribution < 1.29 is 26.3 Å². The SMILES string of the molecule is O=S1(=O)CCN(S(=O)(=O)c2ccc3c(c2)OCCCO3)CCC1c1ccccc1. The van der Waals surface area contributed by atoms with Crippen molar-refractivity contribution in [2.75, 3.05) is 32.1 Å². The van der Waals surface area contributed by atoms with Gasteiger partial charge in [0.1, 0.15) is 0 Å². The molecular weight excluding hydrogens is 414 g/mol. The van der Waals surface area contributed by atoms with E-state index < -0.39 is 25.1 Å². The maximum atomic E-state index is 13.2. The molecule has 0 aliphatic carbocycles. The molecule has 29 heavy (non-hydrogen) atoms. The molecule has 2 heterocycles. The van der Waals surface area contributed by atoms with Gasteiger partial charge in [0.05, 0.1) is 29.1 Å². The summed E-state index contributed by atoms with van der Waals surface area (Å²) in [6, 6.07) is 13.5. The second kappa shape index (κ2) is 7.97. The van der Waals surface area contributed by atoms with E-state index in [9.17, 15) is 16.8 Å². The molecule has 0 amide bonds. The molecule has 2 aromatic carbocycles. The van der Waals surface area contributed by atoms with E-state index in [0.717, 1.165) is 6.42 Å². The van der Waals surface area contributed by atoms with Crippen LogP contribution in [-0.2, 0) is 19.9 Å². The molecule has 1 unspecified atom stereocenters. The summed E-state index contributed by atoms with van der Waals surface area (Å²) < 4.78 is 64.4. The van der Waals surface area contributed by atoms with E-state index in [4.69, 9.17) is 9.47 Å². The van der Waals surface area contributed by atoms with Gasteiger partial charge in [-0.05, 0) is 24.1 Å². The highest BCUT2D eigenvalue weighted by Crippen LogP contribution is 2.35. The number of sulfonamides is 1. The van der Waals surface area contributed by atoms with Crippen molar-refractivity contribution in [1.29, 1.82) is 0 Å². The molecule has 2 aliphatic heterocycles. The van der Waals surface area contributed by atoms with Gasteiger partial charge in [0.25, 0.3) is 0 Å². The van der Waals surface area contributed by atoms with Crippen molar-refractivity contribution in [2.45, 2.75) is 23.0 Å². The monoisotopic (exact) mass is 437 g/mol. The molecule has 0 saturated carbocycles. The van der Waals surface area contributed by atoms with Crippen molar-refractivity contribution >= 4 is 19.9 Å². The van der Waals surface area contributed by atoms with Crippen LogP contribution in [0.2, 0.25) is 0 Å². The number of ether oxygens (including phenoxy) is 2. The lowest BCUT2D eigenvalue weighted by atomic mass is 10.1. The van der Waals surface area contributed by atoms with Gasteiger partial charge in [0, 0.05) is 25.6 Å². The Morgan fingerprint density at radius 2 is 1.66 bits per heavy atom. The fraction of sp³-hybridized carbons (Fsp3) is 0.400. The van der Waals surface area contributed by atoms with Gasteiger partial charge in [-0.2, -0.15) is 4.31 Å². The van der Waals surface area contributed by atoms with Crippen LogP contribution in [0.3, 0.4) is 0 Å². The van der Waals surface area contributed by atoms with Crippen molar-refractivity contribution in [1.82, 2.24) is 4.31 Å². The lowest BCUT2D eigenvalue weighted by Crippen LogP contribution is -2.33. The molecule has 156 valence electrons. The number of sulfone groups is 1. The van der Waals surface area contributed by atoms with Crippen LogP contribution in [0.25, 0.3) is 0 Å². The van der Waals surface area contributed by atoms with E-state index in [2.05, 4.69) is 0 Å². The summed E-state index contributed by atoms with van der Waals surface area (Å²) in [7, 11) is -7.31. The van der Waals surface area contributed by atoms with Gasteiger partial charge in [-0.15, -0.1) is 0 Å². The standard InChI is InChI=1S/C20H23NO6S2/c22-28(23)14-11-21(10-9-20(28)16-5-2-1-3-6-16)29(24,25)17-7-8-18-19(15-17)27-13-4-12-26-18/h1-3,5-8,15,20H,4,9-14H2. The molecule has 7 nitrogen and oxygen atoms in total. The van der Waals surface area contributed by atoms with Gasteiger partial charge in [0.2, 0.25) is 10.0 Å². The van der Waals surface area contributed by atoms with Gasteiger partial charge >= 0.3 is 0 Å². The number of hydrogen-bond acceptors (Lipinski definition) is 6. The third kappa shape index (κ3) is 4.12. The maximum absolute atomic E-state index is 13.2. The zero-order chi connectivity index (χ0) is 20.5. The minimum Gasteiger partial charge on any atom is -0.490 e. The summed E-state index contributed by atoms with van der Waals surface area (Å²) in [5, 5.41) is -0.701. The number of hydrogen-bond donors (Lipinski definition) is 0. The van der Waals surface area contributed by atoms with Crippen LogP contribution in [0.15, 0.2) is 53.4 Å². The third-order valence-corrected chi connectivity index (χ3v) is 9.25. The van der Waals surface area contributed by atoms with Gasteiger partial charge in [-0.3, -0.25) is 0 Å². The minimum absolute atomic E-state index is 0.0670. The Morgan fingerprint density at radius 1 is 0.931 bits per heavy atom. The van der Waals surface area contributed by atoms with Gasteiger partial charge in [-0.1, -0.05) is 30.3 Å². The van der Waals surface area contributed by atoms with Gasteiger partial charge in [0.15, 0.2) is 21.3 Å². The molecular formula is C20H23NO6S2. The van der Waals surface area contributed by atoms with Crippen molar-refractivity contribution in [3.63, 3.8) is 0 Å². The minimum atomic E-state index is -3.85. The predicted molar refractivity (Wildman–Crippen MR) is 108 cm³/mol. The average Bonchev–Trinajstić information content (AvgIpc) is 3.04. The van der Waals surface area contributed by atoms with Crippen LogP contribution in [0.5, 0.6) is 11.5 Å². The third-order valence-electron chi connectivity index (χ3n) is 5.23. The van der Waals surface area contributed by atoms with Crippen molar-refractivity contribution in [2.24, 2.45) is 0 Å². The Hall–Kier alpha value is -2.10. The molecule has 0 spiro atoms. The second-order valence-corrected chi connectivity index (χ2v) is 11.4. The second-order valence-electron chi connectivity index (χ2n) is 7.12. The summed E-state index contributed by atoms with van der Waals surface area (Å²) in [6.07, 6.45) is 0.942. The Kier molecular flexibility index (Phi) is 5.54. The molecule has 0 radical (unpaired) electrons. The lowest BCUT2D eigenvalue weighted by Gasteiger charge is -2.20. The highest BCUT2D eigenvalue weighted by molar-refractivity contribution is 7.92. The average molecular weight is 438 g/mol. The Morgan fingerprint density at radius 3 is 2.41 bits per heavy atom. The Bertz CT molecular complexity index is 1080. The summed E-state index contributed by atoms with van der Waals surface area (Å²) in [4.78, 5) is 0.0808. The van der Waals surface area contributed by atoms with E-state index >= 15 is 0 Å². The number of nitrogens with zero attached hydrogens (tertiary/aromatic N) is 1.